The monoisotopic (exact) mass is 300 g/mol. The quantitative estimate of drug-likeness (QED) is 0.888. The molecular formula is C13H21ClN4S. The van der Waals surface area contributed by atoms with Gasteiger partial charge in [0.05, 0.1) is 6.20 Å². The van der Waals surface area contributed by atoms with Crippen molar-refractivity contribution in [2.75, 3.05) is 27.2 Å². The van der Waals surface area contributed by atoms with E-state index in [1.54, 1.807) is 0 Å². The second kappa shape index (κ2) is 7.65. The molecule has 0 atom stereocenters. The summed E-state index contributed by atoms with van der Waals surface area (Å²) >= 11 is 1.85. The number of halogens is 1. The Hall–Kier alpha value is -0.880. The van der Waals surface area contributed by atoms with E-state index in [0.717, 1.165) is 19.6 Å². The molecule has 2 rings (SSSR count). The minimum absolute atomic E-state index is 0. The SMILES string of the molecule is CNCCN(C)Cc1ccc(-c2cnn(C)c2)s1.Cl. The highest BCUT2D eigenvalue weighted by molar-refractivity contribution is 7.15. The molecule has 0 saturated heterocycles. The zero-order chi connectivity index (χ0) is 13.0. The predicted octanol–water partition coefficient (Wildman–Crippen LogP) is 2.22. The number of rotatable bonds is 6. The van der Waals surface area contributed by atoms with Gasteiger partial charge in [-0.2, -0.15) is 5.10 Å². The first kappa shape index (κ1) is 16.2. The van der Waals surface area contributed by atoms with Gasteiger partial charge in [0.2, 0.25) is 0 Å². The Balaban J connectivity index is 0.00000180. The van der Waals surface area contributed by atoms with Crippen LogP contribution in [0.2, 0.25) is 0 Å². The third kappa shape index (κ3) is 4.62. The number of likely N-dealkylation sites (N-methyl/N-ethyl adjacent to an activating group) is 2. The summed E-state index contributed by atoms with van der Waals surface area (Å²) in [6, 6.07) is 4.39. The highest BCUT2D eigenvalue weighted by atomic mass is 35.5. The molecule has 2 aromatic heterocycles. The number of nitrogens with zero attached hydrogens (tertiary/aromatic N) is 3. The summed E-state index contributed by atoms with van der Waals surface area (Å²) in [5.74, 6) is 0. The molecule has 0 bridgehead atoms. The van der Waals surface area contributed by atoms with Crippen LogP contribution in [0.25, 0.3) is 10.4 Å². The topological polar surface area (TPSA) is 33.1 Å². The van der Waals surface area contributed by atoms with Crippen LogP contribution < -0.4 is 5.32 Å². The fourth-order valence-corrected chi connectivity index (χ4v) is 2.88. The van der Waals surface area contributed by atoms with Crippen LogP contribution in [0.1, 0.15) is 4.88 Å². The zero-order valence-corrected chi connectivity index (χ0v) is 13.2. The number of aromatic nitrogens is 2. The van der Waals surface area contributed by atoms with Crippen molar-refractivity contribution < 1.29 is 0 Å². The van der Waals surface area contributed by atoms with Crippen molar-refractivity contribution in [3.63, 3.8) is 0 Å². The van der Waals surface area contributed by atoms with Crippen LogP contribution in [0.5, 0.6) is 0 Å². The summed E-state index contributed by atoms with van der Waals surface area (Å²) in [6.45, 7) is 3.10. The minimum atomic E-state index is 0. The molecule has 2 aromatic rings. The molecule has 0 spiro atoms. The fourth-order valence-electron chi connectivity index (χ4n) is 1.81. The van der Waals surface area contributed by atoms with Gasteiger partial charge >= 0.3 is 0 Å². The molecule has 4 nitrogen and oxygen atoms in total. The zero-order valence-electron chi connectivity index (χ0n) is 11.6. The molecule has 0 saturated carbocycles. The van der Waals surface area contributed by atoms with Crippen LogP contribution in [-0.4, -0.2) is 41.9 Å². The van der Waals surface area contributed by atoms with E-state index in [0.29, 0.717) is 0 Å². The Labute approximate surface area is 124 Å². The van der Waals surface area contributed by atoms with Crippen LogP contribution in [0.3, 0.4) is 0 Å². The van der Waals surface area contributed by atoms with Crippen molar-refractivity contribution in [3.8, 4) is 10.4 Å². The van der Waals surface area contributed by atoms with Crippen molar-refractivity contribution in [1.29, 1.82) is 0 Å². The lowest BCUT2D eigenvalue weighted by Gasteiger charge is -2.14. The van der Waals surface area contributed by atoms with Crippen LogP contribution in [0.4, 0.5) is 0 Å². The molecule has 2 heterocycles. The summed E-state index contributed by atoms with van der Waals surface area (Å²) in [4.78, 5) is 5.02. The van der Waals surface area contributed by atoms with E-state index in [1.807, 2.05) is 36.3 Å². The van der Waals surface area contributed by atoms with Crippen molar-refractivity contribution in [2.45, 2.75) is 6.54 Å². The highest BCUT2D eigenvalue weighted by Crippen LogP contribution is 2.28. The Kier molecular flexibility index (Phi) is 6.51. The van der Waals surface area contributed by atoms with Crippen molar-refractivity contribution in [3.05, 3.63) is 29.4 Å². The van der Waals surface area contributed by atoms with Crippen molar-refractivity contribution in [1.82, 2.24) is 20.0 Å². The van der Waals surface area contributed by atoms with E-state index in [1.165, 1.54) is 15.3 Å². The number of hydrogen-bond acceptors (Lipinski definition) is 4. The second-order valence-corrected chi connectivity index (χ2v) is 5.68. The molecule has 0 fully saturated rings. The Morgan fingerprint density at radius 1 is 1.42 bits per heavy atom. The standard InChI is InChI=1S/C13H20N4S.ClH/c1-14-6-7-16(2)10-12-4-5-13(18-12)11-8-15-17(3)9-11;/h4-5,8-9,14H,6-7,10H2,1-3H3;1H. The summed E-state index contributed by atoms with van der Waals surface area (Å²) in [7, 11) is 6.09. The third-order valence-electron chi connectivity index (χ3n) is 2.82. The Morgan fingerprint density at radius 3 is 2.84 bits per heavy atom. The van der Waals surface area contributed by atoms with Gasteiger partial charge in [0.1, 0.15) is 0 Å². The molecule has 0 unspecified atom stereocenters. The molecule has 0 aliphatic carbocycles. The average Bonchev–Trinajstić information content (AvgIpc) is 2.95. The number of nitrogens with one attached hydrogen (secondary N) is 1. The van der Waals surface area contributed by atoms with Gasteiger partial charge in [-0.25, -0.2) is 0 Å². The molecule has 6 heteroatoms. The molecule has 0 amide bonds. The summed E-state index contributed by atoms with van der Waals surface area (Å²) in [6.07, 6.45) is 3.97. The van der Waals surface area contributed by atoms with Gasteiger partial charge < -0.3 is 10.2 Å². The summed E-state index contributed by atoms with van der Waals surface area (Å²) in [5, 5.41) is 7.38. The van der Waals surface area contributed by atoms with E-state index in [-0.39, 0.29) is 12.4 Å². The van der Waals surface area contributed by atoms with E-state index < -0.39 is 0 Å². The minimum Gasteiger partial charge on any atom is -0.318 e. The lowest BCUT2D eigenvalue weighted by atomic mass is 10.3. The van der Waals surface area contributed by atoms with Crippen molar-refractivity contribution in [2.24, 2.45) is 7.05 Å². The van der Waals surface area contributed by atoms with Crippen LogP contribution >= 0.6 is 23.7 Å². The maximum atomic E-state index is 4.21. The van der Waals surface area contributed by atoms with Gasteiger partial charge in [-0.15, -0.1) is 23.7 Å². The lowest BCUT2D eigenvalue weighted by Crippen LogP contribution is -2.26. The first-order chi connectivity index (χ1) is 8.69. The van der Waals surface area contributed by atoms with E-state index in [4.69, 9.17) is 0 Å². The maximum Gasteiger partial charge on any atom is 0.0576 e. The number of hydrogen-bond donors (Lipinski definition) is 1. The Morgan fingerprint density at radius 2 is 2.21 bits per heavy atom. The smallest absolute Gasteiger partial charge is 0.0576 e. The van der Waals surface area contributed by atoms with Crippen LogP contribution in [-0.2, 0) is 13.6 Å². The van der Waals surface area contributed by atoms with E-state index in [9.17, 15) is 0 Å². The van der Waals surface area contributed by atoms with E-state index in [2.05, 4.69) is 40.7 Å². The third-order valence-corrected chi connectivity index (χ3v) is 3.94. The molecular weight excluding hydrogens is 280 g/mol. The van der Waals surface area contributed by atoms with Gasteiger partial charge in [0, 0.05) is 48.2 Å². The largest absolute Gasteiger partial charge is 0.318 e. The highest BCUT2D eigenvalue weighted by Gasteiger charge is 2.06. The predicted molar refractivity (Wildman–Crippen MR) is 84.0 cm³/mol. The summed E-state index contributed by atoms with van der Waals surface area (Å²) < 4.78 is 1.84. The van der Waals surface area contributed by atoms with Gasteiger partial charge in [0.25, 0.3) is 0 Å². The average molecular weight is 301 g/mol. The maximum absolute atomic E-state index is 4.21. The molecule has 106 valence electrons. The molecule has 0 aromatic carbocycles. The number of thiophene rings is 1. The normalized spacial score (nSPS) is 10.7. The molecule has 0 aliphatic rings. The van der Waals surface area contributed by atoms with E-state index >= 15 is 0 Å². The van der Waals surface area contributed by atoms with Gasteiger partial charge in [-0.05, 0) is 26.2 Å². The number of aryl methyl sites for hydroxylation is 1. The Bertz CT molecular complexity index is 494. The van der Waals surface area contributed by atoms with Gasteiger partial charge in [-0.3, -0.25) is 4.68 Å². The molecule has 19 heavy (non-hydrogen) atoms. The molecule has 0 radical (unpaired) electrons. The molecule has 1 N–H and O–H groups in total. The lowest BCUT2D eigenvalue weighted by molar-refractivity contribution is 0.331. The molecule has 0 aliphatic heterocycles. The van der Waals surface area contributed by atoms with Gasteiger partial charge in [-0.1, -0.05) is 0 Å². The first-order valence-electron chi connectivity index (χ1n) is 6.10. The van der Waals surface area contributed by atoms with Crippen LogP contribution in [0, 0.1) is 0 Å². The summed E-state index contributed by atoms with van der Waals surface area (Å²) in [5.41, 5.74) is 1.20. The first-order valence-corrected chi connectivity index (χ1v) is 6.91. The fraction of sp³-hybridized carbons (Fsp3) is 0.462. The van der Waals surface area contributed by atoms with Crippen LogP contribution in [0.15, 0.2) is 24.5 Å². The van der Waals surface area contributed by atoms with Gasteiger partial charge in [0.15, 0.2) is 0 Å². The second-order valence-electron chi connectivity index (χ2n) is 4.51. The van der Waals surface area contributed by atoms with Crippen molar-refractivity contribution >= 4 is 23.7 Å².